The topological polar surface area (TPSA) is 21.3 Å². The summed E-state index contributed by atoms with van der Waals surface area (Å²) in [6.07, 6.45) is 1.09. The Kier molecular flexibility index (Phi) is 8.60. The number of rotatable bonds is 6. The number of halogens is 3. The molecule has 110 valence electrons. The Bertz CT molecular complexity index is 411. The molecule has 1 N–H and O–H groups in total. The van der Waals surface area contributed by atoms with Crippen molar-refractivity contribution in [3.8, 4) is 5.75 Å². The van der Waals surface area contributed by atoms with E-state index < -0.39 is 0 Å². The molecule has 0 fully saturated rings. The predicted molar refractivity (Wildman–Crippen MR) is 91.5 cm³/mol. The van der Waals surface area contributed by atoms with Crippen LogP contribution in [0.15, 0.2) is 21.1 Å². The van der Waals surface area contributed by atoms with Gasteiger partial charge in [0, 0.05) is 22.1 Å². The van der Waals surface area contributed by atoms with Crippen molar-refractivity contribution in [2.75, 3.05) is 6.61 Å². The van der Waals surface area contributed by atoms with Gasteiger partial charge in [-0.25, -0.2) is 0 Å². The molecule has 0 aliphatic heterocycles. The highest BCUT2D eigenvalue weighted by atomic mass is 79.9. The van der Waals surface area contributed by atoms with Gasteiger partial charge in [-0.05, 0) is 55.3 Å². The highest BCUT2D eigenvalue weighted by Gasteiger charge is 2.16. The molecule has 0 saturated carbocycles. The molecule has 0 radical (unpaired) electrons. The van der Waals surface area contributed by atoms with E-state index in [2.05, 4.69) is 64.0 Å². The van der Waals surface area contributed by atoms with Gasteiger partial charge in [-0.15, -0.1) is 12.4 Å². The smallest absolute Gasteiger partial charge is 0.138 e. The SMILES string of the molecule is CCOc1c(Br)cc(Br)cc1CNC(C)(C)CC.Cl. The lowest BCUT2D eigenvalue weighted by Crippen LogP contribution is -2.37. The number of benzene rings is 1. The van der Waals surface area contributed by atoms with Crippen LogP contribution in [0.2, 0.25) is 0 Å². The fraction of sp³-hybridized carbons (Fsp3) is 0.571. The molecule has 0 spiro atoms. The van der Waals surface area contributed by atoms with Crippen molar-refractivity contribution in [1.29, 1.82) is 0 Å². The Hall–Kier alpha value is 0.230. The maximum Gasteiger partial charge on any atom is 0.138 e. The molecule has 0 unspecified atom stereocenters. The van der Waals surface area contributed by atoms with Gasteiger partial charge in [-0.2, -0.15) is 0 Å². The van der Waals surface area contributed by atoms with E-state index in [9.17, 15) is 0 Å². The lowest BCUT2D eigenvalue weighted by Gasteiger charge is -2.25. The first-order valence-corrected chi connectivity index (χ1v) is 7.84. The van der Waals surface area contributed by atoms with E-state index in [1.807, 2.05) is 13.0 Å². The van der Waals surface area contributed by atoms with E-state index in [-0.39, 0.29) is 17.9 Å². The molecule has 1 aromatic rings. The van der Waals surface area contributed by atoms with E-state index in [0.717, 1.165) is 27.7 Å². The molecule has 0 saturated heterocycles. The Morgan fingerprint density at radius 3 is 2.37 bits per heavy atom. The summed E-state index contributed by atoms with van der Waals surface area (Å²) < 4.78 is 7.76. The van der Waals surface area contributed by atoms with Crippen molar-refractivity contribution in [2.45, 2.75) is 46.2 Å². The standard InChI is InChI=1S/C14H21Br2NO.ClH/c1-5-14(3,4)17-9-10-7-11(15)8-12(16)13(10)18-6-2;/h7-8,17H,5-6,9H2,1-4H3;1H. The number of hydrogen-bond donors (Lipinski definition) is 1. The third-order valence-corrected chi connectivity index (χ3v) is 4.06. The minimum Gasteiger partial charge on any atom is -0.492 e. The van der Waals surface area contributed by atoms with Gasteiger partial charge in [0.25, 0.3) is 0 Å². The largest absolute Gasteiger partial charge is 0.492 e. The van der Waals surface area contributed by atoms with Crippen molar-refractivity contribution in [2.24, 2.45) is 0 Å². The first kappa shape index (κ1) is 19.2. The second-order valence-electron chi connectivity index (χ2n) is 4.90. The molecule has 0 aliphatic carbocycles. The van der Waals surface area contributed by atoms with Crippen molar-refractivity contribution in [3.05, 3.63) is 26.6 Å². The van der Waals surface area contributed by atoms with Crippen LogP contribution >= 0.6 is 44.3 Å². The summed E-state index contributed by atoms with van der Waals surface area (Å²) in [4.78, 5) is 0. The van der Waals surface area contributed by atoms with Crippen LogP contribution in [-0.4, -0.2) is 12.1 Å². The number of hydrogen-bond acceptors (Lipinski definition) is 2. The van der Waals surface area contributed by atoms with Crippen LogP contribution in [0.3, 0.4) is 0 Å². The lowest BCUT2D eigenvalue weighted by atomic mass is 10.0. The third-order valence-electron chi connectivity index (χ3n) is 3.02. The molecule has 2 nitrogen and oxygen atoms in total. The van der Waals surface area contributed by atoms with Crippen molar-refractivity contribution >= 4 is 44.3 Å². The van der Waals surface area contributed by atoms with E-state index in [4.69, 9.17) is 4.74 Å². The van der Waals surface area contributed by atoms with Crippen LogP contribution in [0.1, 0.15) is 39.7 Å². The number of nitrogens with one attached hydrogen (secondary N) is 1. The van der Waals surface area contributed by atoms with Crippen LogP contribution < -0.4 is 10.1 Å². The fourth-order valence-electron chi connectivity index (χ4n) is 1.51. The Labute approximate surface area is 139 Å². The van der Waals surface area contributed by atoms with Crippen LogP contribution in [0.4, 0.5) is 0 Å². The van der Waals surface area contributed by atoms with E-state index in [1.165, 1.54) is 5.56 Å². The molecular weight excluding hydrogens is 393 g/mol. The molecule has 1 aromatic carbocycles. The Morgan fingerprint density at radius 2 is 1.84 bits per heavy atom. The zero-order chi connectivity index (χ0) is 13.8. The van der Waals surface area contributed by atoms with Gasteiger partial charge in [0.15, 0.2) is 0 Å². The lowest BCUT2D eigenvalue weighted by molar-refractivity contribution is 0.326. The van der Waals surface area contributed by atoms with Gasteiger partial charge in [0.2, 0.25) is 0 Å². The second kappa shape index (κ2) is 8.50. The molecule has 19 heavy (non-hydrogen) atoms. The maximum absolute atomic E-state index is 5.71. The zero-order valence-electron chi connectivity index (χ0n) is 11.8. The van der Waals surface area contributed by atoms with Gasteiger partial charge in [0.1, 0.15) is 5.75 Å². The predicted octanol–water partition coefficient (Wildman–Crippen LogP) is 5.31. The van der Waals surface area contributed by atoms with Crippen LogP contribution in [0, 0.1) is 0 Å². The van der Waals surface area contributed by atoms with Gasteiger partial charge < -0.3 is 10.1 Å². The molecule has 0 aliphatic rings. The normalized spacial score (nSPS) is 11.1. The molecule has 0 atom stereocenters. The van der Waals surface area contributed by atoms with Gasteiger partial charge >= 0.3 is 0 Å². The highest BCUT2D eigenvalue weighted by Crippen LogP contribution is 2.33. The minimum atomic E-state index is 0. The van der Waals surface area contributed by atoms with Crippen LogP contribution in [0.5, 0.6) is 5.75 Å². The summed E-state index contributed by atoms with van der Waals surface area (Å²) in [5.41, 5.74) is 1.30. The second-order valence-corrected chi connectivity index (χ2v) is 6.67. The number of ether oxygens (including phenoxy) is 1. The molecule has 5 heteroatoms. The summed E-state index contributed by atoms with van der Waals surface area (Å²) >= 11 is 7.08. The van der Waals surface area contributed by atoms with Crippen molar-refractivity contribution in [1.82, 2.24) is 5.32 Å². The quantitative estimate of drug-likeness (QED) is 0.680. The average molecular weight is 416 g/mol. The average Bonchev–Trinajstić information content (AvgIpc) is 2.30. The summed E-state index contributed by atoms with van der Waals surface area (Å²) in [5.74, 6) is 0.931. The third kappa shape index (κ3) is 6.03. The van der Waals surface area contributed by atoms with Gasteiger partial charge in [-0.1, -0.05) is 22.9 Å². The molecular formula is C14H22Br2ClNO. The van der Waals surface area contributed by atoms with E-state index in [0.29, 0.717) is 6.61 Å². The van der Waals surface area contributed by atoms with E-state index >= 15 is 0 Å². The molecule has 0 bridgehead atoms. The zero-order valence-corrected chi connectivity index (χ0v) is 15.8. The highest BCUT2D eigenvalue weighted by molar-refractivity contribution is 9.11. The van der Waals surface area contributed by atoms with Crippen LogP contribution in [-0.2, 0) is 6.54 Å². The summed E-state index contributed by atoms with van der Waals surface area (Å²) in [5, 5.41) is 3.56. The Balaban J connectivity index is 0.00000324. The van der Waals surface area contributed by atoms with Crippen molar-refractivity contribution < 1.29 is 4.74 Å². The summed E-state index contributed by atoms with van der Waals surface area (Å²) in [6, 6.07) is 4.12. The molecule has 0 aromatic heterocycles. The first-order chi connectivity index (χ1) is 8.39. The monoisotopic (exact) mass is 413 g/mol. The molecule has 0 heterocycles. The van der Waals surface area contributed by atoms with Crippen molar-refractivity contribution in [3.63, 3.8) is 0 Å². The fourth-order valence-corrected chi connectivity index (χ4v) is 2.94. The first-order valence-electron chi connectivity index (χ1n) is 6.25. The minimum absolute atomic E-state index is 0. The van der Waals surface area contributed by atoms with Gasteiger partial charge in [0.05, 0.1) is 11.1 Å². The molecule has 1 rings (SSSR count). The molecule has 0 amide bonds. The maximum atomic E-state index is 5.71. The van der Waals surface area contributed by atoms with E-state index in [1.54, 1.807) is 0 Å². The summed E-state index contributed by atoms with van der Waals surface area (Å²) in [7, 11) is 0. The van der Waals surface area contributed by atoms with Crippen LogP contribution in [0.25, 0.3) is 0 Å². The Morgan fingerprint density at radius 1 is 1.21 bits per heavy atom. The van der Waals surface area contributed by atoms with Gasteiger partial charge in [-0.3, -0.25) is 0 Å². The summed E-state index contributed by atoms with van der Waals surface area (Å²) in [6.45, 7) is 10.1.